The van der Waals surface area contributed by atoms with E-state index < -0.39 is 16.9 Å². The van der Waals surface area contributed by atoms with E-state index in [9.17, 15) is 14.9 Å². The fraction of sp³-hybridized carbons (Fsp3) is 0.300. The topological polar surface area (TPSA) is 116 Å². The molecule has 17 heavy (non-hydrogen) atoms. The van der Waals surface area contributed by atoms with Gasteiger partial charge in [-0.05, 0) is 12.1 Å². The number of methoxy groups -OCH3 is 1. The number of nitrogens with zero attached hydrogens (tertiary/aromatic N) is 1. The van der Waals surface area contributed by atoms with Crippen LogP contribution in [0.15, 0.2) is 18.2 Å². The zero-order chi connectivity index (χ0) is 13.0. The van der Waals surface area contributed by atoms with Crippen molar-refractivity contribution in [3.8, 4) is 5.75 Å². The molecule has 0 aliphatic carbocycles. The molecule has 1 unspecified atom stereocenters. The van der Waals surface area contributed by atoms with Gasteiger partial charge in [0.15, 0.2) is 0 Å². The molecule has 0 radical (unpaired) electrons. The average molecular weight is 240 g/mol. The Morgan fingerprint density at radius 3 is 2.76 bits per heavy atom. The summed E-state index contributed by atoms with van der Waals surface area (Å²) in [7, 11) is 1.39. The number of carboxylic acid groups (broad SMARTS) is 1. The number of ether oxygens (including phenoxy) is 1. The Kier molecular flexibility index (Phi) is 4.00. The fourth-order valence-electron chi connectivity index (χ4n) is 1.34. The van der Waals surface area contributed by atoms with Crippen molar-refractivity contribution in [3.63, 3.8) is 0 Å². The van der Waals surface area contributed by atoms with Crippen molar-refractivity contribution in [1.29, 1.82) is 0 Å². The molecular weight excluding hydrogens is 228 g/mol. The number of carbonyl (C=O) groups is 1. The number of hydrogen-bond donors (Lipinski definition) is 2. The Bertz CT molecular complexity index is 446. The minimum Gasteiger partial charge on any atom is -0.497 e. The zero-order valence-electron chi connectivity index (χ0n) is 9.12. The molecule has 7 nitrogen and oxygen atoms in total. The molecule has 1 atom stereocenters. The Morgan fingerprint density at radius 1 is 1.65 bits per heavy atom. The van der Waals surface area contributed by atoms with Gasteiger partial charge in [0.25, 0.3) is 5.69 Å². The predicted molar refractivity (Wildman–Crippen MR) is 59.0 cm³/mol. The van der Waals surface area contributed by atoms with Gasteiger partial charge in [-0.3, -0.25) is 14.9 Å². The van der Waals surface area contributed by atoms with Crippen molar-refractivity contribution in [2.24, 2.45) is 5.73 Å². The lowest BCUT2D eigenvalue weighted by molar-refractivity contribution is -0.385. The first-order chi connectivity index (χ1) is 7.95. The lowest BCUT2D eigenvalue weighted by Crippen LogP contribution is -2.32. The minimum atomic E-state index is -1.20. The number of benzene rings is 1. The predicted octanol–water partition coefficient (Wildman–Crippen LogP) is 0.558. The van der Waals surface area contributed by atoms with Crippen LogP contribution in [-0.2, 0) is 11.2 Å². The van der Waals surface area contributed by atoms with Gasteiger partial charge in [-0.2, -0.15) is 0 Å². The SMILES string of the molecule is COc1ccc(CC(N)C(=O)O)c([N+](=O)[O-])c1. The summed E-state index contributed by atoms with van der Waals surface area (Å²) in [6.07, 6.45) is -0.102. The average Bonchev–Trinajstić information content (AvgIpc) is 2.29. The summed E-state index contributed by atoms with van der Waals surface area (Å²) in [4.78, 5) is 20.8. The summed E-state index contributed by atoms with van der Waals surface area (Å²) < 4.78 is 4.86. The number of rotatable bonds is 5. The van der Waals surface area contributed by atoms with Crippen LogP contribution in [0.4, 0.5) is 5.69 Å². The number of nitro benzene ring substituents is 1. The third kappa shape index (κ3) is 3.15. The van der Waals surface area contributed by atoms with E-state index >= 15 is 0 Å². The summed E-state index contributed by atoms with van der Waals surface area (Å²) in [6, 6.07) is 3.04. The van der Waals surface area contributed by atoms with E-state index in [2.05, 4.69) is 0 Å². The highest BCUT2D eigenvalue weighted by Gasteiger charge is 2.20. The smallest absolute Gasteiger partial charge is 0.320 e. The summed E-state index contributed by atoms with van der Waals surface area (Å²) in [5, 5.41) is 19.5. The standard InChI is InChI=1S/C10H12N2O5/c1-17-7-3-2-6(4-8(11)10(13)14)9(5-7)12(15)16/h2-3,5,8H,4,11H2,1H3,(H,13,14). The van der Waals surface area contributed by atoms with Gasteiger partial charge >= 0.3 is 5.97 Å². The van der Waals surface area contributed by atoms with Gasteiger partial charge in [-0.25, -0.2) is 0 Å². The number of nitrogens with two attached hydrogens (primary N) is 1. The van der Waals surface area contributed by atoms with Crippen molar-refractivity contribution in [1.82, 2.24) is 0 Å². The van der Waals surface area contributed by atoms with Crippen LogP contribution < -0.4 is 10.5 Å². The Labute approximate surface area is 97.0 Å². The molecule has 0 bridgehead atoms. The highest BCUT2D eigenvalue weighted by atomic mass is 16.6. The van der Waals surface area contributed by atoms with Crippen molar-refractivity contribution in [2.45, 2.75) is 12.5 Å². The van der Waals surface area contributed by atoms with Crippen molar-refractivity contribution in [2.75, 3.05) is 7.11 Å². The number of hydrogen-bond acceptors (Lipinski definition) is 5. The number of aliphatic carboxylic acids is 1. The first-order valence-electron chi connectivity index (χ1n) is 4.75. The van der Waals surface area contributed by atoms with E-state index in [0.29, 0.717) is 5.75 Å². The summed E-state index contributed by atoms with van der Waals surface area (Å²) in [5.41, 5.74) is 5.41. The second-order valence-electron chi connectivity index (χ2n) is 3.40. The maximum Gasteiger partial charge on any atom is 0.320 e. The molecule has 3 N–H and O–H groups in total. The molecule has 0 spiro atoms. The number of carboxylic acids is 1. The second-order valence-corrected chi connectivity index (χ2v) is 3.40. The third-order valence-electron chi connectivity index (χ3n) is 2.25. The lowest BCUT2D eigenvalue weighted by atomic mass is 10.0. The zero-order valence-corrected chi connectivity index (χ0v) is 9.12. The van der Waals surface area contributed by atoms with Gasteiger partial charge in [-0.15, -0.1) is 0 Å². The third-order valence-corrected chi connectivity index (χ3v) is 2.25. The fourth-order valence-corrected chi connectivity index (χ4v) is 1.34. The lowest BCUT2D eigenvalue weighted by Gasteiger charge is -2.08. The van der Waals surface area contributed by atoms with Crippen LogP contribution in [-0.4, -0.2) is 29.2 Å². The molecule has 0 fully saturated rings. The maximum atomic E-state index is 10.8. The molecule has 0 aliphatic heterocycles. The van der Waals surface area contributed by atoms with Crippen LogP contribution in [0.25, 0.3) is 0 Å². The van der Waals surface area contributed by atoms with Gasteiger partial charge in [0.1, 0.15) is 11.8 Å². The van der Waals surface area contributed by atoms with Crippen LogP contribution in [0.3, 0.4) is 0 Å². The summed E-state index contributed by atoms with van der Waals surface area (Å²) in [6.45, 7) is 0. The van der Waals surface area contributed by atoms with Crippen molar-refractivity contribution in [3.05, 3.63) is 33.9 Å². The summed E-state index contributed by atoms with van der Waals surface area (Å²) in [5.74, 6) is -0.862. The molecule has 1 rings (SSSR count). The van der Waals surface area contributed by atoms with Crippen LogP contribution in [0.1, 0.15) is 5.56 Å². The van der Waals surface area contributed by atoms with Gasteiger partial charge < -0.3 is 15.6 Å². The normalized spacial score (nSPS) is 11.9. The quantitative estimate of drug-likeness (QED) is 0.573. The molecular formula is C10H12N2O5. The largest absolute Gasteiger partial charge is 0.497 e. The molecule has 1 aromatic carbocycles. The molecule has 0 aliphatic rings. The summed E-state index contributed by atoms with van der Waals surface area (Å²) >= 11 is 0. The molecule has 0 aromatic heterocycles. The van der Waals surface area contributed by atoms with Crippen LogP contribution in [0.5, 0.6) is 5.75 Å². The molecule has 0 saturated carbocycles. The number of nitro groups is 1. The highest BCUT2D eigenvalue weighted by Crippen LogP contribution is 2.25. The monoisotopic (exact) mass is 240 g/mol. The van der Waals surface area contributed by atoms with Gasteiger partial charge in [0, 0.05) is 12.0 Å². The first kappa shape index (κ1) is 12.9. The van der Waals surface area contributed by atoms with Crippen molar-refractivity contribution < 1.29 is 19.6 Å². The van der Waals surface area contributed by atoms with Gasteiger partial charge in [0.05, 0.1) is 18.1 Å². The Hall–Kier alpha value is -2.15. The minimum absolute atomic E-state index is 0.102. The molecule has 92 valence electrons. The molecule has 0 heterocycles. The van der Waals surface area contributed by atoms with Crippen molar-refractivity contribution >= 4 is 11.7 Å². The van der Waals surface area contributed by atoms with E-state index in [4.69, 9.17) is 15.6 Å². The van der Waals surface area contributed by atoms with Gasteiger partial charge in [0.2, 0.25) is 0 Å². The van der Waals surface area contributed by atoms with E-state index in [1.807, 2.05) is 0 Å². The Balaban J connectivity index is 3.06. The molecule has 7 heteroatoms. The van der Waals surface area contributed by atoms with Crippen LogP contribution in [0.2, 0.25) is 0 Å². The van der Waals surface area contributed by atoms with E-state index in [1.54, 1.807) is 0 Å². The van der Waals surface area contributed by atoms with Gasteiger partial charge in [-0.1, -0.05) is 0 Å². The van der Waals surface area contributed by atoms with Crippen LogP contribution >= 0.6 is 0 Å². The molecule has 0 saturated heterocycles. The maximum absolute atomic E-state index is 10.8. The highest BCUT2D eigenvalue weighted by molar-refractivity contribution is 5.73. The van der Waals surface area contributed by atoms with Crippen LogP contribution in [0, 0.1) is 10.1 Å². The molecule has 0 amide bonds. The van der Waals surface area contributed by atoms with E-state index in [1.165, 1.54) is 25.3 Å². The Morgan fingerprint density at radius 2 is 2.29 bits per heavy atom. The van der Waals surface area contributed by atoms with E-state index in [0.717, 1.165) is 0 Å². The second kappa shape index (κ2) is 5.26. The first-order valence-corrected chi connectivity index (χ1v) is 4.75. The molecule has 1 aromatic rings. The van der Waals surface area contributed by atoms with E-state index in [-0.39, 0.29) is 17.7 Å².